The molecule has 0 aliphatic heterocycles. The van der Waals surface area contributed by atoms with E-state index in [9.17, 15) is 9.00 Å². The third-order valence-corrected chi connectivity index (χ3v) is 6.40. The van der Waals surface area contributed by atoms with Crippen LogP contribution in [-0.2, 0) is 20.5 Å². The van der Waals surface area contributed by atoms with Crippen molar-refractivity contribution in [2.75, 3.05) is 46.1 Å². The van der Waals surface area contributed by atoms with Crippen molar-refractivity contribution in [2.24, 2.45) is 10.9 Å². The second-order valence-electron chi connectivity index (χ2n) is 8.76. The topological polar surface area (TPSA) is 83.0 Å². The van der Waals surface area contributed by atoms with Gasteiger partial charge in [0, 0.05) is 19.8 Å². The summed E-state index contributed by atoms with van der Waals surface area (Å²) in [5.41, 5.74) is 0. The van der Waals surface area contributed by atoms with Crippen LogP contribution in [0.25, 0.3) is 0 Å². The number of guanidine groups is 1. The van der Waals surface area contributed by atoms with Gasteiger partial charge < -0.3 is 15.0 Å². The van der Waals surface area contributed by atoms with Crippen LogP contribution in [0.15, 0.2) is 4.99 Å². The van der Waals surface area contributed by atoms with Crippen LogP contribution in [0.4, 0.5) is 0 Å². The van der Waals surface area contributed by atoms with Crippen molar-refractivity contribution in [3.63, 3.8) is 0 Å². The molecule has 0 saturated heterocycles. The second kappa shape index (κ2) is 22.6. The summed E-state index contributed by atoms with van der Waals surface area (Å²) in [6.45, 7) is 11.1. The van der Waals surface area contributed by atoms with Gasteiger partial charge in [-0.2, -0.15) is 0 Å². The zero-order chi connectivity index (χ0) is 24.7. The molecule has 0 aliphatic carbocycles. The number of nitrogens with one attached hydrogen (secondary N) is 2. The van der Waals surface area contributed by atoms with Crippen LogP contribution in [0.1, 0.15) is 97.8 Å². The Morgan fingerprint density at radius 3 is 2.06 bits per heavy atom. The van der Waals surface area contributed by atoms with Gasteiger partial charge in [0.1, 0.15) is 11.0 Å². The van der Waals surface area contributed by atoms with Crippen LogP contribution in [-0.4, -0.2) is 67.1 Å². The number of unbranched alkanes of at least 4 members (excludes halogenated alkanes) is 7. The average Bonchev–Trinajstić information content (AvgIpc) is 2.79. The highest BCUT2D eigenvalue weighted by molar-refractivity contribution is 7.82. The van der Waals surface area contributed by atoms with Crippen molar-refractivity contribution >= 4 is 22.9 Å². The van der Waals surface area contributed by atoms with Gasteiger partial charge in [-0.15, -0.1) is 0 Å². The van der Waals surface area contributed by atoms with Crippen LogP contribution in [0.3, 0.4) is 0 Å². The number of ether oxygens (including phenoxy) is 1. The van der Waals surface area contributed by atoms with E-state index in [-0.39, 0.29) is 11.9 Å². The molecule has 0 saturated carbocycles. The first-order valence-electron chi connectivity index (χ1n) is 13.2. The van der Waals surface area contributed by atoms with E-state index in [1.165, 1.54) is 51.5 Å². The van der Waals surface area contributed by atoms with Gasteiger partial charge in [0.25, 0.3) is 0 Å². The van der Waals surface area contributed by atoms with Gasteiger partial charge in [0.15, 0.2) is 0 Å². The summed E-state index contributed by atoms with van der Waals surface area (Å²) in [7, 11) is 0.589. The lowest BCUT2D eigenvalue weighted by molar-refractivity contribution is -0.148. The van der Waals surface area contributed by atoms with Crippen LogP contribution in [0.2, 0.25) is 0 Å². The predicted molar refractivity (Wildman–Crippen MR) is 142 cm³/mol. The molecule has 0 bridgehead atoms. The number of carbonyl (C=O) groups excluding carboxylic acids is 1. The molecule has 0 radical (unpaired) electrons. The van der Waals surface area contributed by atoms with Crippen molar-refractivity contribution in [3.05, 3.63) is 0 Å². The minimum Gasteiger partial charge on any atom is -0.465 e. The monoisotopic (exact) mass is 488 g/mol. The minimum absolute atomic E-state index is 0.0202. The van der Waals surface area contributed by atoms with Gasteiger partial charge in [-0.3, -0.25) is 14.5 Å². The highest BCUT2D eigenvalue weighted by Crippen LogP contribution is 2.11. The second-order valence-corrected chi connectivity index (χ2v) is 9.87. The highest BCUT2D eigenvalue weighted by atomic mass is 32.2. The molecular weight excluding hydrogens is 436 g/mol. The number of hydrogen-bond acceptors (Lipinski definition) is 5. The molecule has 0 amide bonds. The first kappa shape index (κ1) is 31.9. The zero-order valence-corrected chi connectivity index (χ0v) is 22.9. The van der Waals surface area contributed by atoms with Gasteiger partial charge >= 0.3 is 5.97 Å². The van der Waals surface area contributed by atoms with E-state index in [4.69, 9.17) is 4.74 Å². The molecule has 0 fully saturated rings. The fourth-order valence-corrected chi connectivity index (χ4v) is 4.22. The Balaban J connectivity index is 3.94. The lowest BCUT2D eigenvalue weighted by atomic mass is 10.0. The van der Waals surface area contributed by atoms with E-state index in [2.05, 4.69) is 26.9 Å². The first-order valence-corrected chi connectivity index (χ1v) is 14.7. The molecule has 0 spiro atoms. The molecule has 0 rings (SSSR count). The van der Waals surface area contributed by atoms with Crippen LogP contribution < -0.4 is 10.0 Å². The van der Waals surface area contributed by atoms with Crippen molar-refractivity contribution in [3.8, 4) is 0 Å². The molecule has 33 heavy (non-hydrogen) atoms. The molecule has 0 aromatic carbocycles. The minimum atomic E-state index is -1.11. The molecule has 2 N–H and O–H groups in total. The Bertz CT molecular complexity index is 528. The van der Waals surface area contributed by atoms with Gasteiger partial charge in [0.2, 0.25) is 5.96 Å². The van der Waals surface area contributed by atoms with Crippen molar-refractivity contribution < 1.29 is 13.7 Å². The number of carbonyl (C=O) groups is 1. The Labute approximate surface area is 206 Å². The maximum absolute atomic E-state index is 11.9. The SMILES string of the molecule is CCCCCN(CCCCCCCCOC(=O)C(CC)CC)CCCNC(=NC)NS(C)=O. The molecule has 0 aromatic rings. The lowest BCUT2D eigenvalue weighted by Gasteiger charge is -2.22. The van der Waals surface area contributed by atoms with E-state index in [1.807, 2.05) is 13.8 Å². The molecule has 8 heteroatoms. The number of nitrogens with zero attached hydrogens (tertiary/aromatic N) is 2. The predicted octanol–water partition coefficient (Wildman–Crippen LogP) is 4.65. The highest BCUT2D eigenvalue weighted by Gasteiger charge is 2.14. The quantitative estimate of drug-likeness (QED) is 0.106. The molecule has 1 unspecified atom stereocenters. The molecule has 0 aromatic heterocycles. The van der Waals surface area contributed by atoms with Gasteiger partial charge in [0.05, 0.1) is 12.5 Å². The summed E-state index contributed by atoms with van der Waals surface area (Å²) < 4.78 is 19.5. The van der Waals surface area contributed by atoms with Crippen molar-refractivity contribution in [1.29, 1.82) is 0 Å². The normalized spacial score (nSPS) is 12.9. The molecule has 0 aliphatic rings. The third-order valence-electron chi connectivity index (χ3n) is 5.92. The smallest absolute Gasteiger partial charge is 0.308 e. The lowest BCUT2D eigenvalue weighted by Crippen LogP contribution is -2.39. The molecule has 196 valence electrons. The standard InChI is InChI=1S/C25H52N4O3S/c1-6-9-14-19-29(21-17-18-27-25(26-4)28-33(5)31)20-15-12-10-11-13-16-22-32-24(30)23(7-2)8-3/h23H,6-22H2,1-5H3,(H2,26,27,28). The number of aliphatic imine (C=N–C) groups is 1. The summed E-state index contributed by atoms with van der Waals surface area (Å²) in [5.74, 6) is 0.647. The third kappa shape index (κ3) is 18.9. The zero-order valence-electron chi connectivity index (χ0n) is 22.1. The molecule has 7 nitrogen and oxygen atoms in total. The Kier molecular flexibility index (Phi) is 21.8. The van der Waals surface area contributed by atoms with Crippen molar-refractivity contribution in [2.45, 2.75) is 97.8 Å². The van der Waals surface area contributed by atoms with Gasteiger partial charge in [-0.1, -0.05) is 59.3 Å². The van der Waals surface area contributed by atoms with E-state index >= 15 is 0 Å². The summed E-state index contributed by atoms with van der Waals surface area (Å²) in [5, 5.41) is 3.23. The number of rotatable bonds is 21. The fourth-order valence-electron chi connectivity index (χ4n) is 3.78. The van der Waals surface area contributed by atoms with Crippen LogP contribution in [0, 0.1) is 5.92 Å². The Hall–Kier alpha value is -1.15. The average molecular weight is 489 g/mol. The summed E-state index contributed by atoms with van der Waals surface area (Å²) in [6, 6.07) is 0. The van der Waals surface area contributed by atoms with Gasteiger partial charge in [-0.05, 0) is 58.2 Å². The largest absolute Gasteiger partial charge is 0.465 e. The fraction of sp³-hybridized carbons (Fsp3) is 0.920. The van der Waals surface area contributed by atoms with E-state index in [0.29, 0.717) is 12.6 Å². The van der Waals surface area contributed by atoms with Crippen LogP contribution in [0.5, 0.6) is 0 Å². The van der Waals surface area contributed by atoms with Crippen LogP contribution >= 0.6 is 0 Å². The maximum atomic E-state index is 11.9. The maximum Gasteiger partial charge on any atom is 0.308 e. The first-order chi connectivity index (χ1) is 16.0. The van der Waals surface area contributed by atoms with E-state index in [1.54, 1.807) is 13.3 Å². The molecule has 0 heterocycles. The van der Waals surface area contributed by atoms with Crippen molar-refractivity contribution in [1.82, 2.24) is 14.9 Å². The van der Waals surface area contributed by atoms with E-state index < -0.39 is 11.0 Å². The Morgan fingerprint density at radius 1 is 0.909 bits per heavy atom. The summed E-state index contributed by atoms with van der Waals surface area (Å²) in [6.07, 6.45) is 15.3. The van der Waals surface area contributed by atoms with E-state index in [0.717, 1.165) is 51.7 Å². The number of esters is 1. The summed E-state index contributed by atoms with van der Waals surface area (Å²) >= 11 is 0. The molecule has 1 atom stereocenters. The number of hydrogen-bond donors (Lipinski definition) is 2. The summed E-state index contributed by atoms with van der Waals surface area (Å²) in [4.78, 5) is 18.5. The molecular formula is C25H52N4O3S. The Morgan fingerprint density at radius 2 is 1.48 bits per heavy atom. The van der Waals surface area contributed by atoms with Gasteiger partial charge in [-0.25, -0.2) is 4.21 Å².